The maximum atomic E-state index is 11.7. The van der Waals surface area contributed by atoms with Gasteiger partial charge in [0.1, 0.15) is 11.5 Å². The van der Waals surface area contributed by atoms with Crippen LogP contribution >= 0.6 is 11.8 Å². The molecule has 1 amide bonds. The van der Waals surface area contributed by atoms with Crippen molar-refractivity contribution in [2.45, 2.75) is 5.16 Å². The number of nitrogens with zero attached hydrogens (tertiary/aromatic N) is 3. The SMILES string of the molecule is COc1ccc(OC)c(C=NNC(=O)CSc2ncccn2)c1. The highest BCUT2D eigenvalue weighted by molar-refractivity contribution is 7.99. The average molecular weight is 332 g/mol. The van der Waals surface area contributed by atoms with Crippen molar-refractivity contribution in [1.29, 1.82) is 0 Å². The number of carbonyl (C=O) groups excluding carboxylic acids is 1. The van der Waals surface area contributed by atoms with Gasteiger partial charge in [0.15, 0.2) is 5.16 Å². The predicted molar refractivity (Wildman–Crippen MR) is 88.0 cm³/mol. The first-order valence-electron chi connectivity index (χ1n) is 6.66. The number of ether oxygens (including phenoxy) is 2. The van der Waals surface area contributed by atoms with Gasteiger partial charge < -0.3 is 9.47 Å². The van der Waals surface area contributed by atoms with E-state index in [4.69, 9.17) is 9.47 Å². The van der Waals surface area contributed by atoms with E-state index in [0.717, 1.165) is 0 Å². The zero-order valence-electron chi connectivity index (χ0n) is 12.7. The lowest BCUT2D eigenvalue weighted by molar-refractivity contribution is -0.118. The van der Waals surface area contributed by atoms with Gasteiger partial charge in [0.2, 0.25) is 0 Å². The van der Waals surface area contributed by atoms with Crippen LogP contribution in [-0.2, 0) is 4.79 Å². The van der Waals surface area contributed by atoms with Gasteiger partial charge in [-0.25, -0.2) is 15.4 Å². The van der Waals surface area contributed by atoms with Gasteiger partial charge in [-0.15, -0.1) is 0 Å². The van der Waals surface area contributed by atoms with Gasteiger partial charge >= 0.3 is 0 Å². The molecule has 0 aliphatic carbocycles. The highest BCUT2D eigenvalue weighted by atomic mass is 32.2. The molecule has 1 N–H and O–H groups in total. The van der Waals surface area contributed by atoms with Crippen molar-refractivity contribution in [3.63, 3.8) is 0 Å². The summed E-state index contributed by atoms with van der Waals surface area (Å²) in [5, 5.41) is 4.47. The first-order valence-corrected chi connectivity index (χ1v) is 7.65. The Bertz CT molecular complexity index is 680. The Morgan fingerprint density at radius 2 is 2.09 bits per heavy atom. The van der Waals surface area contributed by atoms with Gasteiger partial charge in [-0.05, 0) is 24.3 Å². The Morgan fingerprint density at radius 3 is 2.78 bits per heavy atom. The molecule has 2 rings (SSSR count). The van der Waals surface area contributed by atoms with Crippen LogP contribution in [-0.4, -0.2) is 42.1 Å². The number of aromatic nitrogens is 2. The van der Waals surface area contributed by atoms with E-state index in [2.05, 4.69) is 20.5 Å². The van der Waals surface area contributed by atoms with Gasteiger partial charge in [0.25, 0.3) is 5.91 Å². The van der Waals surface area contributed by atoms with Crippen LogP contribution in [0.5, 0.6) is 11.5 Å². The van der Waals surface area contributed by atoms with E-state index in [1.54, 1.807) is 50.9 Å². The fourth-order valence-corrected chi connectivity index (χ4v) is 2.23. The molecule has 120 valence electrons. The molecule has 1 aromatic carbocycles. The third-order valence-electron chi connectivity index (χ3n) is 2.70. The molecular weight excluding hydrogens is 316 g/mol. The molecular formula is C15H16N4O3S. The van der Waals surface area contributed by atoms with E-state index < -0.39 is 0 Å². The number of nitrogens with one attached hydrogen (secondary N) is 1. The molecule has 0 bridgehead atoms. The van der Waals surface area contributed by atoms with Gasteiger partial charge in [0.05, 0.1) is 26.2 Å². The first-order chi connectivity index (χ1) is 11.2. The number of hydrazone groups is 1. The molecule has 0 spiro atoms. The number of thioether (sulfide) groups is 1. The number of hydrogen-bond acceptors (Lipinski definition) is 7. The third kappa shape index (κ3) is 5.26. The van der Waals surface area contributed by atoms with Gasteiger partial charge in [-0.3, -0.25) is 4.79 Å². The van der Waals surface area contributed by atoms with Crippen molar-refractivity contribution in [3.8, 4) is 11.5 Å². The quantitative estimate of drug-likeness (QED) is 0.360. The van der Waals surface area contributed by atoms with Crippen LogP contribution in [0.25, 0.3) is 0 Å². The largest absolute Gasteiger partial charge is 0.497 e. The molecule has 0 saturated heterocycles. The topological polar surface area (TPSA) is 85.7 Å². The van der Waals surface area contributed by atoms with Crippen molar-refractivity contribution >= 4 is 23.9 Å². The summed E-state index contributed by atoms with van der Waals surface area (Å²) in [5.74, 6) is 1.24. The Morgan fingerprint density at radius 1 is 1.30 bits per heavy atom. The Hall–Kier alpha value is -2.61. The van der Waals surface area contributed by atoms with Crippen molar-refractivity contribution in [3.05, 3.63) is 42.2 Å². The minimum Gasteiger partial charge on any atom is -0.497 e. The molecule has 2 aromatic rings. The fourth-order valence-electron chi connectivity index (χ4n) is 1.64. The average Bonchev–Trinajstić information content (AvgIpc) is 2.60. The number of methoxy groups -OCH3 is 2. The molecule has 1 aromatic heterocycles. The van der Waals surface area contributed by atoms with Crippen LogP contribution in [0.1, 0.15) is 5.56 Å². The van der Waals surface area contributed by atoms with Crippen LogP contribution in [0.15, 0.2) is 46.9 Å². The van der Waals surface area contributed by atoms with Crippen LogP contribution in [0.2, 0.25) is 0 Å². The minimum absolute atomic E-state index is 0.177. The zero-order valence-corrected chi connectivity index (χ0v) is 13.5. The van der Waals surface area contributed by atoms with Gasteiger partial charge in [-0.2, -0.15) is 5.10 Å². The number of amides is 1. The first kappa shape index (κ1) is 16.8. The summed E-state index contributed by atoms with van der Waals surface area (Å²) in [6.45, 7) is 0. The normalized spacial score (nSPS) is 10.5. The van der Waals surface area contributed by atoms with Crippen LogP contribution in [0.3, 0.4) is 0 Å². The molecule has 0 atom stereocenters. The number of carbonyl (C=O) groups is 1. The second-order valence-corrected chi connectivity index (χ2v) is 5.16. The highest BCUT2D eigenvalue weighted by Crippen LogP contribution is 2.22. The van der Waals surface area contributed by atoms with Crippen LogP contribution in [0, 0.1) is 0 Å². The third-order valence-corrected chi connectivity index (χ3v) is 3.58. The van der Waals surface area contributed by atoms with E-state index in [1.807, 2.05) is 0 Å². The maximum absolute atomic E-state index is 11.7. The van der Waals surface area contributed by atoms with E-state index in [0.29, 0.717) is 22.2 Å². The standard InChI is InChI=1S/C15H16N4O3S/c1-21-12-4-5-13(22-2)11(8-12)9-18-19-14(20)10-23-15-16-6-3-7-17-15/h3-9H,10H2,1-2H3,(H,19,20). The molecule has 8 heteroatoms. The lowest BCUT2D eigenvalue weighted by atomic mass is 10.2. The maximum Gasteiger partial charge on any atom is 0.250 e. The van der Waals surface area contributed by atoms with Crippen molar-refractivity contribution in [2.75, 3.05) is 20.0 Å². The summed E-state index contributed by atoms with van der Waals surface area (Å²) in [4.78, 5) is 19.8. The summed E-state index contributed by atoms with van der Waals surface area (Å²) >= 11 is 1.24. The predicted octanol–water partition coefficient (Wildman–Crippen LogP) is 1.74. The molecule has 0 unspecified atom stereocenters. The van der Waals surface area contributed by atoms with Crippen LogP contribution < -0.4 is 14.9 Å². The van der Waals surface area contributed by atoms with E-state index >= 15 is 0 Å². The summed E-state index contributed by atoms with van der Waals surface area (Å²) < 4.78 is 10.4. The molecule has 0 fully saturated rings. The summed E-state index contributed by atoms with van der Waals surface area (Å²) in [5.41, 5.74) is 3.15. The zero-order chi connectivity index (χ0) is 16.5. The molecule has 1 heterocycles. The Labute approximate surface area is 138 Å². The summed E-state index contributed by atoms with van der Waals surface area (Å²) in [6, 6.07) is 7.03. The Balaban J connectivity index is 1.89. The summed E-state index contributed by atoms with van der Waals surface area (Å²) in [7, 11) is 3.14. The minimum atomic E-state index is -0.249. The van der Waals surface area contributed by atoms with Crippen molar-refractivity contribution in [2.24, 2.45) is 5.10 Å². The lowest BCUT2D eigenvalue weighted by Crippen LogP contribution is -2.19. The van der Waals surface area contributed by atoms with Gasteiger partial charge in [-0.1, -0.05) is 11.8 Å². The van der Waals surface area contributed by atoms with E-state index in [-0.39, 0.29) is 11.7 Å². The summed E-state index contributed by atoms with van der Waals surface area (Å²) in [6.07, 6.45) is 4.75. The fraction of sp³-hybridized carbons (Fsp3) is 0.200. The molecule has 0 aliphatic heterocycles. The molecule has 0 aliphatic rings. The molecule has 0 radical (unpaired) electrons. The second kappa shape index (κ2) is 8.74. The number of hydrogen-bond donors (Lipinski definition) is 1. The van der Waals surface area contributed by atoms with E-state index in [1.165, 1.54) is 18.0 Å². The monoisotopic (exact) mass is 332 g/mol. The lowest BCUT2D eigenvalue weighted by Gasteiger charge is -2.06. The van der Waals surface area contributed by atoms with Crippen LogP contribution in [0.4, 0.5) is 0 Å². The molecule has 23 heavy (non-hydrogen) atoms. The molecule has 7 nitrogen and oxygen atoms in total. The second-order valence-electron chi connectivity index (χ2n) is 4.22. The highest BCUT2D eigenvalue weighted by Gasteiger charge is 2.05. The number of benzene rings is 1. The van der Waals surface area contributed by atoms with Crippen molar-refractivity contribution < 1.29 is 14.3 Å². The number of rotatable bonds is 7. The van der Waals surface area contributed by atoms with Gasteiger partial charge in [0, 0.05) is 18.0 Å². The van der Waals surface area contributed by atoms with Crippen molar-refractivity contribution in [1.82, 2.24) is 15.4 Å². The smallest absolute Gasteiger partial charge is 0.250 e. The van der Waals surface area contributed by atoms with E-state index in [9.17, 15) is 4.79 Å². The Kier molecular flexibility index (Phi) is 6.37. The molecule has 0 saturated carbocycles.